The number of thioether (sulfide) groups is 1. The smallest absolute Gasteiger partial charge is 0.306 e. The van der Waals surface area contributed by atoms with Crippen molar-refractivity contribution in [1.82, 2.24) is 10.2 Å². The maximum atomic E-state index is 10.9. The molecule has 0 saturated heterocycles. The van der Waals surface area contributed by atoms with Crippen LogP contribution in [0.4, 0.5) is 0 Å². The number of carbonyl (C=O) groups excluding carboxylic acids is 1. The van der Waals surface area contributed by atoms with Crippen molar-refractivity contribution >= 4 is 29.1 Å². The Morgan fingerprint density at radius 1 is 1.77 bits per heavy atom. The van der Waals surface area contributed by atoms with Gasteiger partial charge in [-0.25, -0.2) is 0 Å². The predicted octanol–water partition coefficient (Wildman–Crippen LogP) is 1.58. The van der Waals surface area contributed by atoms with Gasteiger partial charge in [-0.05, 0) is 6.92 Å². The van der Waals surface area contributed by atoms with Crippen LogP contribution in [0.2, 0.25) is 0 Å². The second kappa shape index (κ2) is 5.93. The summed E-state index contributed by atoms with van der Waals surface area (Å²) in [6.07, 6.45) is 0.429. The first-order chi connectivity index (χ1) is 6.33. The number of ether oxygens (including phenoxy) is 1. The van der Waals surface area contributed by atoms with Crippen molar-refractivity contribution in [2.45, 2.75) is 17.7 Å². The first kappa shape index (κ1) is 10.5. The third kappa shape index (κ3) is 4.23. The number of nitrogens with zero attached hydrogens (tertiary/aromatic N) is 2. The molecule has 72 valence electrons. The molecule has 0 atom stereocenters. The molecule has 0 spiro atoms. The molecule has 4 nitrogen and oxygen atoms in total. The van der Waals surface area contributed by atoms with Crippen molar-refractivity contribution < 1.29 is 9.53 Å². The van der Waals surface area contributed by atoms with E-state index in [0.29, 0.717) is 18.8 Å². The second-order valence-corrected chi connectivity index (χ2v) is 4.28. The Kier molecular flexibility index (Phi) is 4.77. The first-order valence-corrected chi connectivity index (χ1v) is 5.74. The van der Waals surface area contributed by atoms with Crippen molar-refractivity contribution in [2.24, 2.45) is 0 Å². The molecule has 0 aliphatic rings. The fraction of sp³-hybridized carbons (Fsp3) is 0.571. The number of aromatic nitrogens is 2. The van der Waals surface area contributed by atoms with Gasteiger partial charge in [-0.1, -0.05) is 23.1 Å². The molecule has 6 heteroatoms. The van der Waals surface area contributed by atoms with Crippen molar-refractivity contribution in [1.29, 1.82) is 0 Å². The molecule has 0 amide bonds. The van der Waals surface area contributed by atoms with Crippen molar-refractivity contribution in [3.63, 3.8) is 0 Å². The normalized spacial score (nSPS) is 9.92. The van der Waals surface area contributed by atoms with Crippen LogP contribution in [0.25, 0.3) is 0 Å². The highest BCUT2D eigenvalue weighted by molar-refractivity contribution is 8.01. The van der Waals surface area contributed by atoms with Gasteiger partial charge in [-0.2, -0.15) is 0 Å². The van der Waals surface area contributed by atoms with E-state index in [0.717, 1.165) is 4.34 Å². The van der Waals surface area contributed by atoms with Crippen LogP contribution in [0.15, 0.2) is 9.85 Å². The number of rotatable bonds is 5. The Morgan fingerprint density at radius 3 is 3.23 bits per heavy atom. The molecule has 0 radical (unpaired) electrons. The number of esters is 1. The van der Waals surface area contributed by atoms with Gasteiger partial charge in [-0.15, -0.1) is 10.2 Å². The van der Waals surface area contributed by atoms with Crippen LogP contribution in [0, 0.1) is 0 Å². The van der Waals surface area contributed by atoms with E-state index in [9.17, 15) is 4.79 Å². The molecule has 0 fully saturated rings. The van der Waals surface area contributed by atoms with Gasteiger partial charge in [0, 0.05) is 5.75 Å². The molecule has 1 aromatic heterocycles. The standard InChI is InChI=1S/C7H10N2O2S2/c1-2-11-6(10)3-4-12-7-9-8-5-13-7/h5H,2-4H2,1H3. The summed E-state index contributed by atoms with van der Waals surface area (Å²) in [7, 11) is 0. The molecule has 0 aliphatic heterocycles. The average molecular weight is 218 g/mol. The number of hydrogen-bond acceptors (Lipinski definition) is 6. The van der Waals surface area contributed by atoms with Gasteiger partial charge in [0.2, 0.25) is 0 Å². The number of carbonyl (C=O) groups is 1. The van der Waals surface area contributed by atoms with Gasteiger partial charge in [0.15, 0.2) is 4.34 Å². The molecular weight excluding hydrogens is 208 g/mol. The lowest BCUT2D eigenvalue weighted by atomic mass is 10.5. The highest BCUT2D eigenvalue weighted by atomic mass is 32.2. The summed E-state index contributed by atoms with van der Waals surface area (Å²) in [6.45, 7) is 2.25. The lowest BCUT2D eigenvalue weighted by Gasteiger charge is -1.98. The zero-order valence-corrected chi connectivity index (χ0v) is 8.86. The third-order valence-electron chi connectivity index (χ3n) is 1.18. The summed E-state index contributed by atoms with van der Waals surface area (Å²) >= 11 is 3.00. The topological polar surface area (TPSA) is 52.1 Å². The molecule has 1 rings (SSSR count). The van der Waals surface area contributed by atoms with Gasteiger partial charge < -0.3 is 4.74 Å². The van der Waals surface area contributed by atoms with E-state index in [4.69, 9.17) is 4.74 Å². The maximum Gasteiger partial charge on any atom is 0.306 e. The van der Waals surface area contributed by atoms with E-state index in [2.05, 4.69) is 10.2 Å². The summed E-state index contributed by atoms with van der Waals surface area (Å²) in [4.78, 5) is 10.9. The van der Waals surface area contributed by atoms with E-state index < -0.39 is 0 Å². The molecule has 1 aromatic rings. The SMILES string of the molecule is CCOC(=O)CCSc1nncs1. The van der Waals surface area contributed by atoms with Gasteiger partial charge in [0.05, 0.1) is 13.0 Å². The van der Waals surface area contributed by atoms with E-state index in [1.54, 1.807) is 12.4 Å². The van der Waals surface area contributed by atoms with Gasteiger partial charge in [-0.3, -0.25) is 4.79 Å². The maximum absolute atomic E-state index is 10.9. The average Bonchev–Trinajstić information content (AvgIpc) is 2.57. The van der Waals surface area contributed by atoms with E-state index >= 15 is 0 Å². The summed E-state index contributed by atoms with van der Waals surface area (Å²) in [5.41, 5.74) is 1.67. The zero-order valence-electron chi connectivity index (χ0n) is 7.23. The quantitative estimate of drug-likeness (QED) is 0.555. The monoisotopic (exact) mass is 218 g/mol. The van der Waals surface area contributed by atoms with Crippen molar-refractivity contribution in [3.05, 3.63) is 5.51 Å². The lowest BCUT2D eigenvalue weighted by Crippen LogP contribution is -2.04. The molecule has 0 bridgehead atoms. The third-order valence-corrected chi connectivity index (χ3v) is 3.04. The molecule has 0 unspecified atom stereocenters. The van der Waals surface area contributed by atoms with Crippen molar-refractivity contribution in [2.75, 3.05) is 12.4 Å². The van der Waals surface area contributed by atoms with Crippen LogP contribution < -0.4 is 0 Å². The molecule has 1 heterocycles. The van der Waals surface area contributed by atoms with E-state index in [1.807, 2.05) is 0 Å². The predicted molar refractivity (Wildman–Crippen MR) is 51.9 cm³/mol. The molecule has 0 aromatic carbocycles. The van der Waals surface area contributed by atoms with Gasteiger partial charge in [0.25, 0.3) is 0 Å². The minimum absolute atomic E-state index is 0.153. The van der Waals surface area contributed by atoms with Crippen LogP contribution in [0.1, 0.15) is 13.3 Å². The minimum Gasteiger partial charge on any atom is -0.466 e. The van der Waals surface area contributed by atoms with Gasteiger partial charge >= 0.3 is 5.97 Å². The Bertz CT molecular complexity index is 251. The number of hydrogen-bond donors (Lipinski definition) is 0. The summed E-state index contributed by atoms with van der Waals surface area (Å²) < 4.78 is 5.67. The van der Waals surface area contributed by atoms with Crippen LogP contribution in [0.3, 0.4) is 0 Å². The van der Waals surface area contributed by atoms with Crippen LogP contribution in [-0.2, 0) is 9.53 Å². The summed E-state index contributed by atoms with van der Waals surface area (Å²) in [6, 6.07) is 0. The minimum atomic E-state index is -0.153. The summed E-state index contributed by atoms with van der Waals surface area (Å²) in [5, 5.41) is 7.53. The van der Waals surface area contributed by atoms with E-state index in [1.165, 1.54) is 23.1 Å². The van der Waals surface area contributed by atoms with Crippen LogP contribution >= 0.6 is 23.1 Å². The second-order valence-electron chi connectivity index (χ2n) is 2.11. The Balaban J connectivity index is 2.11. The highest BCUT2D eigenvalue weighted by Gasteiger charge is 2.03. The largest absolute Gasteiger partial charge is 0.466 e. The highest BCUT2D eigenvalue weighted by Crippen LogP contribution is 2.19. The Hall–Kier alpha value is -0.620. The fourth-order valence-electron chi connectivity index (χ4n) is 0.681. The molecule has 0 saturated carbocycles. The van der Waals surface area contributed by atoms with Crippen LogP contribution in [-0.4, -0.2) is 28.5 Å². The summed E-state index contributed by atoms with van der Waals surface area (Å²) in [5.74, 6) is 0.549. The lowest BCUT2D eigenvalue weighted by molar-refractivity contribution is -0.142. The Labute approximate surface area is 84.7 Å². The molecule has 0 N–H and O–H groups in total. The fourth-order valence-corrected chi connectivity index (χ4v) is 2.16. The molecular formula is C7H10N2O2S2. The first-order valence-electron chi connectivity index (χ1n) is 3.87. The van der Waals surface area contributed by atoms with Crippen LogP contribution in [0.5, 0.6) is 0 Å². The molecule has 0 aliphatic carbocycles. The van der Waals surface area contributed by atoms with E-state index in [-0.39, 0.29) is 5.97 Å². The van der Waals surface area contributed by atoms with Crippen molar-refractivity contribution in [3.8, 4) is 0 Å². The molecule has 13 heavy (non-hydrogen) atoms. The zero-order chi connectivity index (χ0) is 9.52. The van der Waals surface area contributed by atoms with Gasteiger partial charge in [0.1, 0.15) is 5.51 Å². The Morgan fingerprint density at radius 2 is 2.62 bits per heavy atom.